The SMILES string of the molecule is CC(=O)O[C@H]1C=C(C)C2=C[C@@H](O)[C@@](C)(O)[C@@H]2[C@H]2OC(=O)[C@@H](C)[C@@H]21. The number of allylic oxidation sites excluding steroid dienone is 1. The molecule has 3 rings (SSSR count). The predicted molar refractivity (Wildman–Crippen MR) is 80.0 cm³/mol. The molecular formula is C17H22O6. The molecule has 0 saturated carbocycles. The Morgan fingerprint density at radius 2 is 2.04 bits per heavy atom. The molecule has 0 aromatic carbocycles. The standard InChI is InChI=1S/C17H22O6/c1-7-5-11(22-9(3)18)13-8(2)16(20)23-15(13)14-10(7)6-12(19)17(14,4)21/h5-6,8,11-15,19,21H,1-4H3/t8-,11-,12+,13+,14-,15-,17+/m0/s1. The molecule has 2 aliphatic carbocycles. The maximum Gasteiger partial charge on any atom is 0.309 e. The molecule has 7 atom stereocenters. The summed E-state index contributed by atoms with van der Waals surface area (Å²) in [5.74, 6) is -2.21. The topological polar surface area (TPSA) is 93.1 Å². The lowest BCUT2D eigenvalue weighted by Gasteiger charge is -2.36. The van der Waals surface area contributed by atoms with Crippen molar-refractivity contribution in [3.8, 4) is 0 Å². The van der Waals surface area contributed by atoms with Gasteiger partial charge >= 0.3 is 11.9 Å². The average molecular weight is 322 g/mol. The lowest BCUT2D eigenvalue weighted by atomic mass is 9.75. The van der Waals surface area contributed by atoms with E-state index in [4.69, 9.17) is 9.47 Å². The number of fused-ring (bicyclic) bond motifs is 3. The highest BCUT2D eigenvalue weighted by atomic mass is 16.6. The number of carbonyl (C=O) groups is 2. The fourth-order valence-electron chi connectivity index (χ4n) is 4.11. The van der Waals surface area contributed by atoms with E-state index in [1.54, 1.807) is 26.0 Å². The van der Waals surface area contributed by atoms with Crippen LogP contribution in [0.2, 0.25) is 0 Å². The average Bonchev–Trinajstić information content (AvgIpc) is 2.79. The third-order valence-electron chi connectivity index (χ3n) is 5.36. The first-order valence-electron chi connectivity index (χ1n) is 7.83. The van der Waals surface area contributed by atoms with E-state index in [9.17, 15) is 19.8 Å². The van der Waals surface area contributed by atoms with Gasteiger partial charge in [-0.15, -0.1) is 0 Å². The summed E-state index contributed by atoms with van der Waals surface area (Å²) in [6, 6.07) is 0. The van der Waals surface area contributed by atoms with Gasteiger partial charge in [0.1, 0.15) is 23.9 Å². The van der Waals surface area contributed by atoms with E-state index in [0.29, 0.717) is 0 Å². The summed E-state index contributed by atoms with van der Waals surface area (Å²) >= 11 is 0. The molecule has 1 saturated heterocycles. The first-order chi connectivity index (χ1) is 10.6. The second-order valence-corrected chi connectivity index (χ2v) is 6.96. The zero-order chi connectivity index (χ0) is 17.1. The van der Waals surface area contributed by atoms with Crippen LogP contribution in [-0.4, -0.2) is 46.1 Å². The number of hydrogen-bond acceptors (Lipinski definition) is 6. The molecule has 1 fully saturated rings. The van der Waals surface area contributed by atoms with Gasteiger partial charge < -0.3 is 19.7 Å². The minimum absolute atomic E-state index is 0.373. The van der Waals surface area contributed by atoms with Crippen LogP contribution in [0, 0.1) is 17.8 Å². The Kier molecular flexibility index (Phi) is 3.65. The molecule has 126 valence electrons. The fourth-order valence-corrected chi connectivity index (χ4v) is 4.11. The third kappa shape index (κ3) is 2.32. The minimum atomic E-state index is -1.44. The molecule has 2 N–H and O–H groups in total. The summed E-state index contributed by atoms with van der Waals surface area (Å²) in [5.41, 5.74) is 0.118. The summed E-state index contributed by atoms with van der Waals surface area (Å²) in [6.07, 6.45) is 1.11. The lowest BCUT2D eigenvalue weighted by Crippen LogP contribution is -2.49. The monoisotopic (exact) mass is 322 g/mol. The number of esters is 2. The van der Waals surface area contributed by atoms with Gasteiger partial charge in [-0.1, -0.05) is 6.92 Å². The summed E-state index contributed by atoms with van der Waals surface area (Å²) < 4.78 is 11.0. The molecule has 3 aliphatic rings. The van der Waals surface area contributed by atoms with Crippen molar-refractivity contribution >= 4 is 11.9 Å². The maximum absolute atomic E-state index is 12.1. The molecule has 1 aliphatic heterocycles. The van der Waals surface area contributed by atoms with Crippen LogP contribution in [0.25, 0.3) is 0 Å². The van der Waals surface area contributed by atoms with E-state index in [2.05, 4.69) is 0 Å². The Bertz CT molecular complexity index is 617. The third-order valence-corrected chi connectivity index (χ3v) is 5.36. The van der Waals surface area contributed by atoms with E-state index in [-0.39, 0.29) is 5.97 Å². The van der Waals surface area contributed by atoms with Crippen LogP contribution in [0.15, 0.2) is 23.3 Å². The summed E-state index contributed by atoms with van der Waals surface area (Å²) in [6.45, 7) is 6.45. The molecule has 0 unspecified atom stereocenters. The first kappa shape index (κ1) is 16.2. The summed E-state index contributed by atoms with van der Waals surface area (Å²) in [7, 11) is 0. The molecule has 0 amide bonds. The molecule has 0 spiro atoms. The highest BCUT2D eigenvalue weighted by Gasteiger charge is 2.60. The molecular weight excluding hydrogens is 300 g/mol. The predicted octanol–water partition coefficient (Wildman–Crippen LogP) is 0.724. The van der Waals surface area contributed by atoms with Gasteiger partial charge in [0.05, 0.1) is 17.8 Å². The van der Waals surface area contributed by atoms with Gasteiger partial charge in [0, 0.05) is 6.92 Å². The van der Waals surface area contributed by atoms with E-state index < -0.39 is 47.6 Å². The second kappa shape index (κ2) is 5.18. The van der Waals surface area contributed by atoms with E-state index in [0.717, 1.165) is 11.1 Å². The van der Waals surface area contributed by atoms with Crippen molar-refractivity contribution in [3.05, 3.63) is 23.3 Å². The second-order valence-electron chi connectivity index (χ2n) is 6.96. The molecule has 6 heteroatoms. The van der Waals surface area contributed by atoms with Gasteiger partial charge in [0.2, 0.25) is 0 Å². The van der Waals surface area contributed by atoms with Crippen LogP contribution in [0.3, 0.4) is 0 Å². The molecule has 23 heavy (non-hydrogen) atoms. The van der Waals surface area contributed by atoms with Crippen molar-refractivity contribution in [1.82, 2.24) is 0 Å². The van der Waals surface area contributed by atoms with Gasteiger partial charge in [-0.25, -0.2) is 0 Å². The largest absolute Gasteiger partial charge is 0.461 e. The number of hydrogen-bond donors (Lipinski definition) is 2. The van der Waals surface area contributed by atoms with Crippen molar-refractivity contribution in [2.45, 2.75) is 51.6 Å². The maximum atomic E-state index is 12.1. The molecule has 0 aromatic rings. The Hall–Kier alpha value is -1.66. The Balaban J connectivity index is 2.12. The number of aliphatic hydroxyl groups excluding tert-OH is 1. The van der Waals surface area contributed by atoms with Gasteiger partial charge in [-0.2, -0.15) is 0 Å². The summed E-state index contributed by atoms with van der Waals surface area (Å²) in [5, 5.41) is 20.9. The van der Waals surface area contributed by atoms with E-state index in [1.807, 2.05) is 6.92 Å². The van der Waals surface area contributed by atoms with Crippen LogP contribution < -0.4 is 0 Å². The van der Waals surface area contributed by atoms with Crippen molar-refractivity contribution in [2.75, 3.05) is 0 Å². The highest BCUT2D eigenvalue weighted by Crippen LogP contribution is 2.50. The lowest BCUT2D eigenvalue weighted by molar-refractivity contribution is -0.153. The minimum Gasteiger partial charge on any atom is -0.461 e. The number of aliphatic hydroxyl groups is 2. The van der Waals surface area contributed by atoms with Crippen molar-refractivity contribution in [3.63, 3.8) is 0 Å². The van der Waals surface area contributed by atoms with Crippen molar-refractivity contribution in [1.29, 1.82) is 0 Å². The highest BCUT2D eigenvalue weighted by molar-refractivity contribution is 5.76. The fraction of sp³-hybridized carbons (Fsp3) is 0.647. The van der Waals surface area contributed by atoms with Crippen LogP contribution in [0.1, 0.15) is 27.7 Å². The van der Waals surface area contributed by atoms with Gasteiger partial charge in [0.25, 0.3) is 0 Å². The molecule has 6 nitrogen and oxygen atoms in total. The quantitative estimate of drug-likeness (QED) is 0.691. The smallest absolute Gasteiger partial charge is 0.309 e. The Morgan fingerprint density at radius 1 is 1.39 bits per heavy atom. The first-order valence-corrected chi connectivity index (χ1v) is 7.83. The Labute approximate surface area is 134 Å². The van der Waals surface area contributed by atoms with Crippen molar-refractivity contribution < 1.29 is 29.3 Å². The van der Waals surface area contributed by atoms with E-state index in [1.165, 1.54) is 6.92 Å². The molecule has 0 aromatic heterocycles. The zero-order valence-corrected chi connectivity index (χ0v) is 13.6. The Morgan fingerprint density at radius 3 is 2.65 bits per heavy atom. The van der Waals surface area contributed by atoms with Gasteiger partial charge in [-0.3, -0.25) is 9.59 Å². The zero-order valence-electron chi connectivity index (χ0n) is 13.6. The number of ether oxygens (including phenoxy) is 2. The number of rotatable bonds is 1. The van der Waals surface area contributed by atoms with Crippen LogP contribution in [0.4, 0.5) is 0 Å². The van der Waals surface area contributed by atoms with Gasteiger partial charge in [-0.05, 0) is 37.1 Å². The van der Waals surface area contributed by atoms with Gasteiger partial charge in [0.15, 0.2) is 0 Å². The van der Waals surface area contributed by atoms with Crippen LogP contribution in [0.5, 0.6) is 0 Å². The van der Waals surface area contributed by atoms with E-state index >= 15 is 0 Å². The summed E-state index contributed by atoms with van der Waals surface area (Å²) in [4.78, 5) is 23.6. The molecule has 0 bridgehead atoms. The molecule has 0 radical (unpaired) electrons. The molecule has 1 heterocycles. The van der Waals surface area contributed by atoms with Crippen molar-refractivity contribution in [2.24, 2.45) is 17.8 Å². The number of carbonyl (C=O) groups excluding carboxylic acids is 2. The van der Waals surface area contributed by atoms with Crippen LogP contribution >= 0.6 is 0 Å². The van der Waals surface area contributed by atoms with Crippen LogP contribution in [-0.2, 0) is 19.1 Å². The normalized spacial score (nSPS) is 45.4.